The Hall–Kier alpha value is -2.47. The Labute approximate surface area is 139 Å². The van der Waals surface area contributed by atoms with Gasteiger partial charge in [0.2, 0.25) is 5.96 Å². The second-order valence-corrected chi connectivity index (χ2v) is 5.85. The number of thioether (sulfide) groups is 1. The van der Waals surface area contributed by atoms with Crippen molar-refractivity contribution in [3.63, 3.8) is 0 Å². The van der Waals surface area contributed by atoms with E-state index in [0.29, 0.717) is 19.0 Å². The topological polar surface area (TPSA) is 118 Å². The molecule has 0 bridgehead atoms. The van der Waals surface area contributed by atoms with Crippen molar-refractivity contribution in [3.8, 4) is 6.19 Å². The lowest BCUT2D eigenvalue weighted by Gasteiger charge is -2.07. The Morgan fingerprint density at radius 2 is 2.35 bits per heavy atom. The third-order valence-corrected chi connectivity index (χ3v) is 4.04. The molecule has 0 aliphatic heterocycles. The van der Waals surface area contributed by atoms with Gasteiger partial charge in [0.1, 0.15) is 0 Å². The summed E-state index contributed by atoms with van der Waals surface area (Å²) in [5.74, 6) is 2.23. The minimum Gasteiger partial charge on any atom is -0.355 e. The van der Waals surface area contributed by atoms with Crippen LogP contribution in [0.1, 0.15) is 17.1 Å². The van der Waals surface area contributed by atoms with Crippen LogP contribution in [0.4, 0.5) is 0 Å². The fourth-order valence-electron chi connectivity index (χ4n) is 1.85. The maximum Gasteiger partial charge on any atom is 0.204 e. The smallest absolute Gasteiger partial charge is 0.204 e. The van der Waals surface area contributed by atoms with Gasteiger partial charge in [0.25, 0.3) is 0 Å². The monoisotopic (exact) mass is 332 g/mol. The number of aliphatic imine (C=N–C) groups is 1. The molecule has 0 saturated heterocycles. The minimum atomic E-state index is 0.503. The van der Waals surface area contributed by atoms with Crippen molar-refractivity contribution in [1.82, 2.24) is 30.6 Å². The summed E-state index contributed by atoms with van der Waals surface area (Å²) >= 11 is 1.77. The largest absolute Gasteiger partial charge is 0.355 e. The maximum absolute atomic E-state index is 8.76. The van der Waals surface area contributed by atoms with E-state index < -0.39 is 0 Å². The molecule has 2 rings (SSSR count). The highest BCUT2D eigenvalue weighted by Crippen LogP contribution is 2.11. The van der Waals surface area contributed by atoms with Crippen LogP contribution in [0.2, 0.25) is 0 Å². The van der Waals surface area contributed by atoms with E-state index in [1.54, 1.807) is 30.6 Å². The van der Waals surface area contributed by atoms with Gasteiger partial charge in [0.15, 0.2) is 6.19 Å². The van der Waals surface area contributed by atoms with Crippen molar-refractivity contribution in [2.24, 2.45) is 4.99 Å². The summed E-state index contributed by atoms with van der Waals surface area (Å²) in [4.78, 5) is 18.7. The lowest BCUT2D eigenvalue weighted by molar-refractivity contribution is 0.823. The molecule has 0 spiro atoms. The zero-order valence-electron chi connectivity index (χ0n) is 13.0. The van der Waals surface area contributed by atoms with E-state index in [1.807, 2.05) is 13.1 Å². The van der Waals surface area contributed by atoms with Gasteiger partial charge in [-0.3, -0.25) is 10.3 Å². The molecular formula is C14H20N8S. The number of aryl methyl sites for hydroxylation is 1. The summed E-state index contributed by atoms with van der Waals surface area (Å²) < 4.78 is 0. The number of hydrogen-bond acceptors (Lipinski definition) is 5. The molecule has 0 radical (unpaired) electrons. The van der Waals surface area contributed by atoms with Crippen LogP contribution in [0.3, 0.4) is 0 Å². The zero-order chi connectivity index (χ0) is 16.3. The minimum absolute atomic E-state index is 0.503. The zero-order valence-corrected chi connectivity index (χ0v) is 13.8. The van der Waals surface area contributed by atoms with Crippen molar-refractivity contribution in [2.45, 2.75) is 19.1 Å². The van der Waals surface area contributed by atoms with Crippen molar-refractivity contribution < 1.29 is 0 Å². The summed E-state index contributed by atoms with van der Waals surface area (Å²) in [5.41, 5.74) is 3.22. The van der Waals surface area contributed by atoms with Crippen LogP contribution in [0, 0.1) is 18.4 Å². The first-order valence-corrected chi connectivity index (χ1v) is 8.42. The highest BCUT2D eigenvalue weighted by Gasteiger charge is 2.01. The lowest BCUT2D eigenvalue weighted by Crippen LogP contribution is -2.36. The number of hydrogen-bond donors (Lipinski definition) is 4. The Morgan fingerprint density at radius 3 is 3.04 bits per heavy atom. The first-order valence-electron chi connectivity index (χ1n) is 7.27. The van der Waals surface area contributed by atoms with Crippen molar-refractivity contribution in [3.05, 3.63) is 35.9 Å². The number of aromatic nitrogens is 4. The molecule has 0 amide bonds. The van der Waals surface area contributed by atoms with Gasteiger partial charge >= 0.3 is 0 Å². The molecule has 9 heteroatoms. The number of nitriles is 1. The predicted octanol–water partition coefficient (Wildman–Crippen LogP) is 0.933. The van der Waals surface area contributed by atoms with Gasteiger partial charge in [-0.1, -0.05) is 0 Å². The Kier molecular flexibility index (Phi) is 7.00. The van der Waals surface area contributed by atoms with Crippen LogP contribution in [0.25, 0.3) is 0 Å². The molecule has 8 nitrogen and oxygen atoms in total. The molecule has 122 valence electrons. The molecule has 23 heavy (non-hydrogen) atoms. The van der Waals surface area contributed by atoms with Crippen molar-refractivity contribution in [1.29, 1.82) is 5.26 Å². The van der Waals surface area contributed by atoms with Gasteiger partial charge in [-0.25, -0.2) is 9.97 Å². The molecule has 0 aliphatic carbocycles. The van der Waals surface area contributed by atoms with Crippen LogP contribution >= 0.6 is 11.8 Å². The average molecular weight is 332 g/mol. The number of imidazole rings is 2. The predicted molar refractivity (Wildman–Crippen MR) is 90.8 cm³/mol. The summed E-state index contributed by atoms with van der Waals surface area (Å²) in [5, 5.41) is 14.4. The van der Waals surface area contributed by atoms with Crippen LogP contribution in [-0.4, -0.2) is 44.7 Å². The molecule has 0 aromatic carbocycles. The van der Waals surface area contributed by atoms with Gasteiger partial charge in [-0.05, 0) is 6.92 Å². The van der Waals surface area contributed by atoms with Crippen LogP contribution in [0.5, 0.6) is 0 Å². The SMILES string of the molecule is Cc1[nH]cnc1CSCCN=C(NC#N)NCCc1cnc[nH]1. The Morgan fingerprint density at radius 1 is 1.43 bits per heavy atom. The normalized spacial score (nSPS) is 11.2. The molecule has 0 unspecified atom stereocenters. The van der Waals surface area contributed by atoms with Crippen LogP contribution in [0.15, 0.2) is 23.8 Å². The van der Waals surface area contributed by atoms with E-state index in [9.17, 15) is 0 Å². The molecule has 4 N–H and O–H groups in total. The lowest BCUT2D eigenvalue weighted by atomic mass is 10.3. The molecule has 0 aliphatic rings. The van der Waals surface area contributed by atoms with Crippen molar-refractivity contribution in [2.75, 3.05) is 18.8 Å². The third kappa shape index (κ3) is 6.04. The van der Waals surface area contributed by atoms with Crippen LogP contribution in [-0.2, 0) is 12.2 Å². The summed E-state index contributed by atoms with van der Waals surface area (Å²) in [6.07, 6.45) is 7.83. The summed E-state index contributed by atoms with van der Waals surface area (Å²) in [7, 11) is 0. The van der Waals surface area contributed by atoms with E-state index in [0.717, 1.165) is 35.0 Å². The number of nitrogens with zero attached hydrogens (tertiary/aromatic N) is 4. The summed E-state index contributed by atoms with van der Waals surface area (Å²) in [6, 6.07) is 0. The van der Waals surface area contributed by atoms with E-state index in [1.165, 1.54) is 0 Å². The molecule has 0 fully saturated rings. The molecule has 2 heterocycles. The standard InChI is InChI=1S/C14H20N8S/c1-11-13(22-10-20-11)7-23-5-4-18-14(19-8-15)17-3-2-12-6-16-9-21-12/h6,9-10H,2-5,7H2,1H3,(H,16,21)(H,20,22)(H2,17,18,19). The fourth-order valence-corrected chi connectivity index (χ4v) is 2.70. The van der Waals surface area contributed by atoms with E-state index in [4.69, 9.17) is 5.26 Å². The first-order chi connectivity index (χ1) is 11.3. The van der Waals surface area contributed by atoms with Gasteiger partial charge in [0.05, 0.1) is 24.9 Å². The van der Waals surface area contributed by atoms with Crippen molar-refractivity contribution >= 4 is 17.7 Å². The molecular weight excluding hydrogens is 312 g/mol. The second kappa shape index (κ2) is 9.53. The van der Waals surface area contributed by atoms with Gasteiger partial charge in [-0.2, -0.15) is 17.0 Å². The number of nitrogens with one attached hydrogen (secondary N) is 4. The highest BCUT2D eigenvalue weighted by molar-refractivity contribution is 7.98. The maximum atomic E-state index is 8.76. The molecule has 2 aromatic rings. The summed E-state index contributed by atoms with van der Waals surface area (Å²) in [6.45, 7) is 3.32. The first kappa shape index (κ1) is 16.9. The van der Waals surface area contributed by atoms with Crippen LogP contribution < -0.4 is 10.6 Å². The third-order valence-electron chi connectivity index (χ3n) is 3.09. The second-order valence-electron chi connectivity index (χ2n) is 4.75. The highest BCUT2D eigenvalue weighted by atomic mass is 32.2. The Balaban J connectivity index is 1.66. The van der Waals surface area contributed by atoms with E-state index in [2.05, 4.69) is 35.6 Å². The van der Waals surface area contributed by atoms with Gasteiger partial charge in [-0.15, -0.1) is 0 Å². The molecule has 0 saturated carbocycles. The fraction of sp³-hybridized carbons (Fsp3) is 0.429. The number of rotatable bonds is 8. The number of aromatic amines is 2. The number of guanidine groups is 1. The van der Waals surface area contributed by atoms with Gasteiger partial charge < -0.3 is 15.3 Å². The van der Waals surface area contributed by atoms with E-state index >= 15 is 0 Å². The van der Waals surface area contributed by atoms with E-state index in [-0.39, 0.29) is 0 Å². The molecule has 0 atom stereocenters. The average Bonchev–Trinajstić information content (AvgIpc) is 3.19. The quantitative estimate of drug-likeness (QED) is 0.188. The Bertz CT molecular complexity index is 640. The molecule has 2 aromatic heterocycles. The van der Waals surface area contributed by atoms with Gasteiger partial charge in [0, 0.05) is 42.1 Å². The number of H-pyrrole nitrogens is 2.